The van der Waals surface area contributed by atoms with Crippen LogP contribution in [-0.4, -0.2) is 64.8 Å². The highest BCUT2D eigenvalue weighted by Crippen LogP contribution is 2.17. The van der Waals surface area contributed by atoms with E-state index in [-0.39, 0.29) is 5.97 Å². The molecule has 124 valence electrons. The zero-order chi connectivity index (χ0) is 15.2. The standard InChI is InChI=1S/C15H29NO5/c1-2-3-6-18-7-8-19-9-10-20-11-12-21-15(17)13-16-14-4-5-14/h14,16H,2-13H2,1H3. The van der Waals surface area contributed by atoms with Gasteiger partial charge < -0.3 is 24.3 Å². The Morgan fingerprint density at radius 2 is 1.52 bits per heavy atom. The summed E-state index contributed by atoms with van der Waals surface area (Å²) in [6.07, 6.45) is 4.58. The molecular formula is C15H29NO5. The van der Waals surface area contributed by atoms with E-state index in [4.69, 9.17) is 18.9 Å². The summed E-state index contributed by atoms with van der Waals surface area (Å²) in [6, 6.07) is 0.525. The number of nitrogens with one attached hydrogen (secondary N) is 1. The molecule has 21 heavy (non-hydrogen) atoms. The third-order valence-electron chi connectivity index (χ3n) is 2.99. The van der Waals surface area contributed by atoms with E-state index in [2.05, 4.69) is 12.2 Å². The van der Waals surface area contributed by atoms with Crippen molar-refractivity contribution in [1.29, 1.82) is 0 Å². The van der Waals surface area contributed by atoms with Gasteiger partial charge in [-0.2, -0.15) is 0 Å². The van der Waals surface area contributed by atoms with E-state index in [9.17, 15) is 4.79 Å². The van der Waals surface area contributed by atoms with Gasteiger partial charge in [-0.05, 0) is 19.3 Å². The first kappa shape index (κ1) is 18.4. The third kappa shape index (κ3) is 12.7. The Balaban J connectivity index is 1.69. The van der Waals surface area contributed by atoms with Gasteiger partial charge in [-0.1, -0.05) is 13.3 Å². The van der Waals surface area contributed by atoms with E-state index in [0.29, 0.717) is 52.2 Å². The first-order valence-electron chi connectivity index (χ1n) is 7.95. The van der Waals surface area contributed by atoms with Crippen molar-refractivity contribution in [3.8, 4) is 0 Å². The van der Waals surface area contributed by atoms with Crippen LogP contribution in [0, 0.1) is 0 Å². The Morgan fingerprint density at radius 3 is 2.10 bits per heavy atom. The highest BCUT2D eigenvalue weighted by atomic mass is 16.6. The van der Waals surface area contributed by atoms with Crippen molar-refractivity contribution in [1.82, 2.24) is 5.32 Å². The largest absolute Gasteiger partial charge is 0.462 e. The zero-order valence-corrected chi connectivity index (χ0v) is 13.1. The molecule has 0 unspecified atom stereocenters. The number of rotatable bonds is 15. The number of carbonyl (C=O) groups excluding carboxylic acids is 1. The molecule has 0 aromatic rings. The van der Waals surface area contributed by atoms with Gasteiger partial charge in [0.2, 0.25) is 0 Å². The van der Waals surface area contributed by atoms with Crippen molar-refractivity contribution >= 4 is 5.97 Å². The monoisotopic (exact) mass is 303 g/mol. The van der Waals surface area contributed by atoms with Gasteiger partial charge in [0.05, 0.1) is 39.6 Å². The Labute approximate surface area is 127 Å². The lowest BCUT2D eigenvalue weighted by Crippen LogP contribution is -2.27. The highest BCUT2D eigenvalue weighted by molar-refractivity contribution is 5.71. The fraction of sp³-hybridized carbons (Fsp3) is 0.933. The predicted octanol–water partition coefficient (Wildman–Crippen LogP) is 1.13. The number of unbranched alkanes of at least 4 members (excludes halogenated alkanes) is 1. The molecule has 0 bridgehead atoms. The average Bonchev–Trinajstić information content (AvgIpc) is 3.30. The average molecular weight is 303 g/mol. The quantitative estimate of drug-likeness (QED) is 0.361. The molecule has 0 aromatic heterocycles. The van der Waals surface area contributed by atoms with Crippen LogP contribution in [0.1, 0.15) is 32.6 Å². The Hall–Kier alpha value is -0.690. The first-order chi connectivity index (χ1) is 10.3. The lowest BCUT2D eigenvalue weighted by Gasteiger charge is -2.07. The lowest BCUT2D eigenvalue weighted by molar-refractivity contribution is -0.144. The Morgan fingerprint density at radius 1 is 0.952 bits per heavy atom. The summed E-state index contributed by atoms with van der Waals surface area (Å²) in [5.41, 5.74) is 0. The fourth-order valence-electron chi connectivity index (χ4n) is 1.57. The molecule has 0 spiro atoms. The van der Waals surface area contributed by atoms with Gasteiger partial charge in [-0.25, -0.2) is 0 Å². The molecule has 0 saturated heterocycles. The summed E-state index contributed by atoms with van der Waals surface area (Å²) < 4.78 is 21.0. The van der Waals surface area contributed by atoms with Gasteiger partial charge in [-0.15, -0.1) is 0 Å². The topological polar surface area (TPSA) is 66.0 Å². The summed E-state index contributed by atoms with van der Waals surface area (Å²) in [5.74, 6) is -0.217. The van der Waals surface area contributed by atoms with Crippen LogP contribution in [0.15, 0.2) is 0 Å². The minimum atomic E-state index is -0.217. The van der Waals surface area contributed by atoms with E-state index < -0.39 is 0 Å². The summed E-state index contributed by atoms with van der Waals surface area (Å²) in [4.78, 5) is 11.3. The molecule has 6 heteroatoms. The summed E-state index contributed by atoms with van der Waals surface area (Å²) in [7, 11) is 0. The van der Waals surface area contributed by atoms with Crippen molar-refractivity contribution in [3.05, 3.63) is 0 Å². The van der Waals surface area contributed by atoms with E-state index in [1.54, 1.807) is 0 Å². The van der Waals surface area contributed by atoms with Crippen LogP contribution in [0.3, 0.4) is 0 Å². The molecule has 1 N–H and O–H groups in total. The summed E-state index contributed by atoms with van der Waals surface area (Å²) in [5, 5.41) is 3.10. The third-order valence-corrected chi connectivity index (χ3v) is 2.99. The molecule has 0 aliphatic heterocycles. The van der Waals surface area contributed by atoms with Crippen LogP contribution in [0.2, 0.25) is 0 Å². The second-order valence-electron chi connectivity index (χ2n) is 5.07. The molecule has 1 saturated carbocycles. The number of hydrogen-bond acceptors (Lipinski definition) is 6. The maximum Gasteiger partial charge on any atom is 0.320 e. The normalized spacial score (nSPS) is 14.3. The molecule has 0 atom stereocenters. The molecule has 1 aliphatic rings. The summed E-state index contributed by atoms with van der Waals surface area (Å²) >= 11 is 0. The van der Waals surface area contributed by atoms with Gasteiger partial charge in [0.1, 0.15) is 6.61 Å². The molecular weight excluding hydrogens is 274 g/mol. The molecule has 0 radical (unpaired) electrons. The number of ether oxygens (including phenoxy) is 4. The number of carbonyl (C=O) groups is 1. The molecule has 1 aliphatic carbocycles. The minimum absolute atomic E-state index is 0.217. The van der Waals surface area contributed by atoms with Gasteiger partial charge in [0.15, 0.2) is 0 Å². The van der Waals surface area contributed by atoms with Crippen LogP contribution in [-0.2, 0) is 23.7 Å². The second kappa shape index (κ2) is 13.0. The van der Waals surface area contributed by atoms with Gasteiger partial charge in [0.25, 0.3) is 0 Å². The Bertz CT molecular complexity index is 258. The molecule has 0 amide bonds. The lowest BCUT2D eigenvalue weighted by atomic mass is 10.4. The van der Waals surface area contributed by atoms with Crippen molar-refractivity contribution in [2.75, 3.05) is 52.8 Å². The molecule has 0 heterocycles. The zero-order valence-electron chi connectivity index (χ0n) is 13.1. The van der Waals surface area contributed by atoms with Crippen molar-refractivity contribution in [2.24, 2.45) is 0 Å². The van der Waals surface area contributed by atoms with E-state index in [1.165, 1.54) is 12.8 Å². The van der Waals surface area contributed by atoms with Crippen molar-refractivity contribution < 1.29 is 23.7 Å². The van der Waals surface area contributed by atoms with Crippen LogP contribution in [0.4, 0.5) is 0 Å². The van der Waals surface area contributed by atoms with Crippen LogP contribution in [0.25, 0.3) is 0 Å². The van der Waals surface area contributed by atoms with Gasteiger partial charge in [-0.3, -0.25) is 4.79 Å². The minimum Gasteiger partial charge on any atom is -0.462 e. The second-order valence-corrected chi connectivity index (χ2v) is 5.07. The SMILES string of the molecule is CCCCOCCOCCOCCOC(=O)CNC1CC1. The van der Waals surface area contributed by atoms with Crippen LogP contribution >= 0.6 is 0 Å². The van der Waals surface area contributed by atoms with E-state index in [0.717, 1.165) is 19.4 Å². The van der Waals surface area contributed by atoms with Crippen molar-refractivity contribution in [3.63, 3.8) is 0 Å². The molecule has 0 aromatic carbocycles. The highest BCUT2D eigenvalue weighted by Gasteiger charge is 2.21. The maximum atomic E-state index is 11.3. The smallest absolute Gasteiger partial charge is 0.320 e. The number of esters is 1. The predicted molar refractivity (Wildman–Crippen MR) is 79.3 cm³/mol. The number of hydrogen-bond donors (Lipinski definition) is 1. The van der Waals surface area contributed by atoms with Crippen molar-refractivity contribution in [2.45, 2.75) is 38.6 Å². The van der Waals surface area contributed by atoms with E-state index in [1.807, 2.05) is 0 Å². The van der Waals surface area contributed by atoms with Crippen LogP contribution in [0.5, 0.6) is 0 Å². The molecule has 6 nitrogen and oxygen atoms in total. The van der Waals surface area contributed by atoms with E-state index >= 15 is 0 Å². The summed E-state index contributed by atoms with van der Waals surface area (Å²) in [6.45, 7) is 6.21. The van der Waals surface area contributed by atoms with Crippen LogP contribution < -0.4 is 5.32 Å². The van der Waals surface area contributed by atoms with Gasteiger partial charge >= 0.3 is 5.97 Å². The molecule has 1 fully saturated rings. The Kier molecular flexibility index (Phi) is 11.4. The molecule has 1 rings (SSSR count). The van der Waals surface area contributed by atoms with Gasteiger partial charge in [0, 0.05) is 12.6 Å². The fourth-order valence-corrected chi connectivity index (χ4v) is 1.57. The maximum absolute atomic E-state index is 11.3. The first-order valence-corrected chi connectivity index (χ1v) is 7.95.